The molecule has 0 bridgehead atoms. The number of amides is 1. The summed E-state index contributed by atoms with van der Waals surface area (Å²) in [5.74, 6) is -0.514. The van der Waals surface area contributed by atoms with Gasteiger partial charge in [-0.25, -0.2) is 4.39 Å². The van der Waals surface area contributed by atoms with E-state index < -0.39 is 18.0 Å². The van der Waals surface area contributed by atoms with Crippen LogP contribution < -0.4 is 5.32 Å². The van der Waals surface area contributed by atoms with E-state index in [2.05, 4.69) is 15.5 Å². The molecule has 1 fully saturated rings. The Morgan fingerprint density at radius 3 is 2.54 bits per heavy atom. The van der Waals surface area contributed by atoms with Gasteiger partial charge in [0.15, 0.2) is 0 Å². The average molecular weight is 368 g/mol. The molecule has 7 nitrogen and oxygen atoms in total. The van der Waals surface area contributed by atoms with Crippen LogP contribution in [0.15, 0.2) is 4.52 Å². The predicted molar refractivity (Wildman–Crippen MR) is 94.7 cm³/mol. The standard InChI is InChI=1S/C18H29FN4O3/c1-7-18(5,6)16-21-15(22-26-16)14(25)12-8-11(19)10-23(12)13(24)9-20-17(2,3)4/h11-12,20H,7-10H2,1-6H3/t11-,12?/m0/s1. The second kappa shape index (κ2) is 7.42. The summed E-state index contributed by atoms with van der Waals surface area (Å²) in [7, 11) is 0. The Kier molecular flexibility index (Phi) is 5.85. The first-order chi connectivity index (χ1) is 11.9. The highest BCUT2D eigenvalue weighted by molar-refractivity contribution is 5.99. The van der Waals surface area contributed by atoms with Crippen LogP contribution in [0.4, 0.5) is 4.39 Å². The van der Waals surface area contributed by atoms with E-state index in [4.69, 9.17) is 4.52 Å². The molecule has 2 heterocycles. The minimum Gasteiger partial charge on any atom is -0.338 e. The number of carbonyl (C=O) groups excluding carboxylic acids is 2. The van der Waals surface area contributed by atoms with Gasteiger partial charge in [0.05, 0.1) is 13.1 Å². The van der Waals surface area contributed by atoms with E-state index in [1.165, 1.54) is 4.90 Å². The number of hydrogen-bond donors (Lipinski definition) is 1. The smallest absolute Gasteiger partial charge is 0.240 e. The van der Waals surface area contributed by atoms with Crippen molar-refractivity contribution in [3.63, 3.8) is 0 Å². The summed E-state index contributed by atoms with van der Waals surface area (Å²) in [6.45, 7) is 11.6. The van der Waals surface area contributed by atoms with Crippen molar-refractivity contribution < 1.29 is 18.5 Å². The normalized spacial score (nSPS) is 21.3. The predicted octanol–water partition coefficient (Wildman–Crippen LogP) is 2.27. The van der Waals surface area contributed by atoms with Gasteiger partial charge in [-0.1, -0.05) is 25.9 Å². The van der Waals surface area contributed by atoms with Crippen LogP contribution in [0.2, 0.25) is 0 Å². The molecule has 1 aliphatic heterocycles. The van der Waals surface area contributed by atoms with Gasteiger partial charge >= 0.3 is 0 Å². The highest BCUT2D eigenvalue weighted by Crippen LogP contribution is 2.27. The zero-order chi connectivity index (χ0) is 19.7. The molecule has 0 radical (unpaired) electrons. The number of carbonyl (C=O) groups is 2. The van der Waals surface area contributed by atoms with Gasteiger partial charge in [-0.05, 0) is 27.2 Å². The summed E-state index contributed by atoms with van der Waals surface area (Å²) in [6.07, 6.45) is -0.510. The fraction of sp³-hybridized carbons (Fsp3) is 0.778. The molecule has 146 valence electrons. The number of nitrogens with one attached hydrogen (secondary N) is 1. The monoisotopic (exact) mass is 368 g/mol. The second-order valence-corrected chi connectivity index (χ2v) is 8.52. The van der Waals surface area contributed by atoms with Gasteiger partial charge in [0.2, 0.25) is 23.4 Å². The fourth-order valence-corrected chi connectivity index (χ4v) is 2.65. The summed E-state index contributed by atoms with van der Waals surface area (Å²) in [5, 5.41) is 6.84. The topological polar surface area (TPSA) is 88.3 Å². The van der Waals surface area contributed by atoms with E-state index in [1.54, 1.807) is 0 Å². The van der Waals surface area contributed by atoms with Crippen molar-refractivity contribution in [2.45, 2.75) is 77.6 Å². The van der Waals surface area contributed by atoms with Crippen molar-refractivity contribution in [3.05, 3.63) is 11.7 Å². The zero-order valence-electron chi connectivity index (χ0n) is 16.4. The number of likely N-dealkylation sites (tertiary alicyclic amines) is 1. The lowest BCUT2D eigenvalue weighted by molar-refractivity contribution is -0.130. The Hall–Kier alpha value is -1.83. The molecule has 1 N–H and O–H groups in total. The van der Waals surface area contributed by atoms with E-state index in [9.17, 15) is 14.0 Å². The zero-order valence-corrected chi connectivity index (χ0v) is 16.4. The molecule has 0 aromatic carbocycles. The number of halogens is 1. The molecule has 1 aromatic rings. The third kappa shape index (κ3) is 4.66. The average Bonchev–Trinajstić information content (AvgIpc) is 3.18. The molecular formula is C18H29FN4O3. The molecule has 1 saturated heterocycles. The summed E-state index contributed by atoms with van der Waals surface area (Å²) >= 11 is 0. The Balaban J connectivity index is 2.14. The van der Waals surface area contributed by atoms with Crippen molar-refractivity contribution in [2.24, 2.45) is 0 Å². The van der Waals surface area contributed by atoms with Crippen LogP contribution in [0.5, 0.6) is 0 Å². The number of aromatic nitrogens is 2. The lowest BCUT2D eigenvalue weighted by Gasteiger charge is -2.26. The third-order valence-electron chi connectivity index (χ3n) is 4.75. The maximum atomic E-state index is 14.0. The summed E-state index contributed by atoms with van der Waals surface area (Å²) in [6, 6.07) is -0.894. The van der Waals surface area contributed by atoms with E-state index in [0.717, 1.165) is 6.42 Å². The molecule has 0 spiro atoms. The van der Waals surface area contributed by atoms with Crippen molar-refractivity contribution in [2.75, 3.05) is 13.1 Å². The van der Waals surface area contributed by atoms with Crippen LogP contribution in [0.3, 0.4) is 0 Å². The molecule has 0 aliphatic carbocycles. The number of rotatable bonds is 6. The SMILES string of the molecule is CCC(C)(C)c1nc(C(=O)C2C[C@H](F)CN2C(=O)CNC(C)(C)C)no1. The molecule has 0 saturated carbocycles. The Labute approximate surface area is 153 Å². The van der Waals surface area contributed by atoms with Crippen LogP contribution in [0.25, 0.3) is 0 Å². The summed E-state index contributed by atoms with van der Waals surface area (Å²) in [4.78, 5) is 30.7. The highest BCUT2D eigenvalue weighted by atomic mass is 19.1. The molecule has 1 aliphatic rings. The number of nitrogens with zero attached hydrogens (tertiary/aromatic N) is 3. The van der Waals surface area contributed by atoms with Gasteiger partial charge < -0.3 is 14.7 Å². The number of alkyl halides is 1. The molecule has 1 aromatic heterocycles. The lowest BCUT2D eigenvalue weighted by atomic mass is 9.90. The molecule has 1 amide bonds. The van der Waals surface area contributed by atoms with Crippen molar-refractivity contribution in [1.29, 1.82) is 0 Å². The van der Waals surface area contributed by atoms with E-state index in [-0.39, 0.29) is 42.2 Å². The van der Waals surface area contributed by atoms with Crippen LogP contribution in [-0.2, 0) is 10.2 Å². The Bertz CT molecular complexity index is 666. The van der Waals surface area contributed by atoms with Gasteiger partial charge in [-0.3, -0.25) is 9.59 Å². The molecule has 2 rings (SSSR count). The Morgan fingerprint density at radius 2 is 1.96 bits per heavy atom. The number of hydrogen-bond acceptors (Lipinski definition) is 6. The van der Waals surface area contributed by atoms with Crippen molar-refractivity contribution >= 4 is 11.7 Å². The number of Topliss-reactive ketones (excluding diaryl/α,β-unsaturated/α-hetero) is 1. The summed E-state index contributed by atoms with van der Waals surface area (Å²) in [5.41, 5.74) is -0.603. The van der Waals surface area contributed by atoms with Crippen molar-refractivity contribution in [3.8, 4) is 0 Å². The van der Waals surface area contributed by atoms with Crippen LogP contribution in [0, 0.1) is 0 Å². The molecule has 2 atom stereocenters. The Morgan fingerprint density at radius 1 is 1.31 bits per heavy atom. The second-order valence-electron chi connectivity index (χ2n) is 8.52. The fourth-order valence-electron chi connectivity index (χ4n) is 2.65. The van der Waals surface area contributed by atoms with Crippen molar-refractivity contribution in [1.82, 2.24) is 20.4 Å². The summed E-state index contributed by atoms with van der Waals surface area (Å²) < 4.78 is 19.2. The minimum absolute atomic E-state index is 0.0405. The first-order valence-corrected chi connectivity index (χ1v) is 9.01. The minimum atomic E-state index is -1.24. The van der Waals surface area contributed by atoms with Crippen LogP contribution in [-0.4, -0.2) is 57.6 Å². The van der Waals surface area contributed by atoms with Gasteiger partial charge in [-0.2, -0.15) is 4.98 Å². The molecule has 26 heavy (non-hydrogen) atoms. The molecule has 1 unspecified atom stereocenters. The first kappa shape index (κ1) is 20.5. The maximum Gasteiger partial charge on any atom is 0.240 e. The maximum absolute atomic E-state index is 14.0. The molecule has 8 heteroatoms. The lowest BCUT2D eigenvalue weighted by Crippen LogP contribution is -2.48. The van der Waals surface area contributed by atoms with Gasteiger partial charge in [0.25, 0.3) is 0 Å². The van der Waals surface area contributed by atoms with Gasteiger partial charge in [-0.15, -0.1) is 0 Å². The molecular weight excluding hydrogens is 339 g/mol. The van der Waals surface area contributed by atoms with Crippen LogP contribution >= 0.6 is 0 Å². The van der Waals surface area contributed by atoms with E-state index in [1.807, 2.05) is 41.5 Å². The van der Waals surface area contributed by atoms with Gasteiger partial charge in [0.1, 0.15) is 12.2 Å². The van der Waals surface area contributed by atoms with Crippen LogP contribution in [0.1, 0.15) is 70.9 Å². The quantitative estimate of drug-likeness (QED) is 0.775. The number of ketones is 1. The third-order valence-corrected chi connectivity index (χ3v) is 4.75. The largest absolute Gasteiger partial charge is 0.338 e. The highest BCUT2D eigenvalue weighted by Gasteiger charge is 2.42. The van der Waals surface area contributed by atoms with E-state index in [0.29, 0.717) is 5.89 Å². The van der Waals surface area contributed by atoms with Gasteiger partial charge in [0, 0.05) is 17.4 Å². The first-order valence-electron chi connectivity index (χ1n) is 9.01. The van der Waals surface area contributed by atoms with E-state index >= 15 is 0 Å².